The molecule has 3 aromatic rings. The molecule has 5 N–H and O–H groups in total. The molecule has 9 nitrogen and oxygen atoms in total. The van der Waals surface area contributed by atoms with Gasteiger partial charge in [0.25, 0.3) is 5.91 Å². The third-order valence-electron chi connectivity index (χ3n) is 6.28. The average molecular weight is 457 g/mol. The Morgan fingerprint density at radius 1 is 1.28 bits per heavy atom. The molecule has 2 saturated heterocycles. The second-order valence-electron chi connectivity index (χ2n) is 8.85. The molecule has 32 heavy (non-hydrogen) atoms. The highest BCUT2D eigenvalue weighted by atomic mass is 32.1. The van der Waals surface area contributed by atoms with Gasteiger partial charge in [-0.1, -0.05) is 6.92 Å². The predicted molar refractivity (Wildman–Crippen MR) is 125 cm³/mol. The van der Waals surface area contributed by atoms with Crippen LogP contribution in [-0.4, -0.2) is 47.6 Å². The Bertz CT molecular complexity index is 1110. The standard InChI is InChI=1S/C22H28N6O3S/c1-12-6-15(23)11-28(10-12)22-16(9-26-32-22)27-21(29)18-19-17(31-20(18)24)7-14(8-25-19)13-2-4-30-5-3-13/h7-9,12-13,15H,2-6,10-11,23-24H2,1H3,(H,27,29). The second-order valence-corrected chi connectivity index (χ2v) is 9.63. The van der Waals surface area contributed by atoms with Gasteiger partial charge in [0.15, 0.2) is 5.58 Å². The quantitative estimate of drug-likeness (QED) is 0.545. The molecule has 3 aromatic heterocycles. The van der Waals surface area contributed by atoms with E-state index in [2.05, 4.69) is 26.5 Å². The number of nitrogens with two attached hydrogens (primary N) is 2. The number of nitrogen functional groups attached to an aromatic ring is 1. The number of carbonyl (C=O) groups excluding carboxylic acids is 1. The molecule has 0 bridgehead atoms. The topological polar surface area (TPSA) is 133 Å². The Hall–Kier alpha value is -2.69. The smallest absolute Gasteiger partial charge is 0.263 e. The molecule has 0 spiro atoms. The lowest BCUT2D eigenvalue weighted by atomic mass is 9.93. The van der Waals surface area contributed by atoms with Crippen LogP contribution in [0.1, 0.15) is 48.0 Å². The molecule has 170 valence electrons. The number of piperidine rings is 1. The van der Waals surface area contributed by atoms with Gasteiger partial charge in [-0.2, -0.15) is 4.37 Å². The van der Waals surface area contributed by atoms with Gasteiger partial charge in [-0.05, 0) is 54.3 Å². The Kier molecular flexibility index (Phi) is 5.75. The Morgan fingerprint density at radius 2 is 2.09 bits per heavy atom. The van der Waals surface area contributed by atoms with Crippen LogP contribution in [0.2, 0.25) is 0 Å². The van der Waals surface area contributed by atoms with Crippen molar-refractivity contribution in [2.45, 2.75) is 38.1 Å². The number of carbonyl (C=O) groups is 1. The van der Waals surface area contributed by atoms with Crippen molar-refractivity contribution >= 4 is 45.1 Å². The molecular formula is C22H28N6O3S. The van der Waals surface area contributed by atoms with E-state index in [-0.39, 0.29) is 23.4 Å². The van der Waals surface area contributed by atoms with Gasteiger partial charge in [0.05, 0.1) is 11.9 Å². The molecule has 5 rings (SSSR count). The second kappa shape index (κ2) is 8.68. The van der Waals surface area contributed by atoms with E-state index in [1.165, 1.54) is 11.5 Å². The highest BCUT2D eigenvalue weighted by Crippen LogP contribution is 2.36. The summed E-state index contributed by atoms with van der Waals surface area (Å²) in [4.78, 5) is 19.9. The third-order valence-corrected chi connectivity index (χ3v) is 7.14. The van der Waals surface area contributed by atoms with E-state index in [1.54, 1.807) is 6.20 Å². The minimum absolute atomic E-state index is 0.0625. The van der Waals surface area contributed by atoms with Crippen LogP contribution in [0.4, 0.5) is 16.6 Å². The maximum Gasteiger partial charge on any atom is 0.263 e. The zero-order valence-electron chi connectivity index (χ0n) is 18.0. The van der Waals surface area contributed by atoms with Crippen molar-refractivity contribution in [2.75, 3.05) is 42.3 Å². The molecule has 2 aliphatic heterocycles. The summed E-state index contributed by atoms with van der Waals surface area (Å²) in [6.07, 6.45) is 6.37. The fourth-order valence-electron chi connectivity index (χ4n) is 4.78. The first-order chi connectivity index (χ1) is 15.5. The zero-order valence-corrected chi connectivity index (χ0v) is 18.9. The fraction of sp³-hybridized carbons (Fsp3) is 0.500. The van der Waals surface area contributed by atoms with E-state index in [0.29, 0.717) is 28.6 Å². The van der Waals surface area contributed by atoms with Crippen LogP contribution < -0.4 is 21.7 Å². The van der Waals surface area contributed by atoms with E-state index in [0.717, 1.165) is 56.1 Å². The molecule has 2 aliphatic rings. The van der Waals surface area contributed by atoms with Crippen LogP contribution in [-0.2, 0) is 4.74 Å². The highest BCUT2D eigenvalue weighted by Gasteiger charge is 2.28. The number of hydrogen-bond donors (Lipinski definition) is 3. The van der Waals surface area contributed by atoms with E-state index < -0.39 is 0 Å². The summed E-state index contributed by atoms with van der Waals surface area (Å²) in [5.41, 5.74) is 15.3. The van der Waals surface area contributed by atoms with E-state index in [9.17, 15) is 4.79 Å². The number of nitrogens with one attached hydrogen (secondary N) is 1. The summed E-state index contributed by atoms with van der Waals surface area (Å²) in [5.74, 6) is 0.560. The maximum absolute atomic E-state index is 13.2. The van der Waals surface area contributed by atoms with E-state index >= 15 is 0 Å². The number of aromatic nitrogens is 2. The van der Waals surface area contributed by atoms with E-state index in [4.69, 9.17) is 20.6 Å². The lowest BCUT2D eigenvalue weighted by Crippen LogP contribution is -2.46. The molecule has 1 amide bonds. The molecule has 2 unspecified atom stereocenters. The Labute approximate surface area is 190 Å². The molecule has 10 heteroatoms. The summed E-state index contributed by atoms with van der Waals surface area (Å²) in [7, 11) is 0. The maximum atomic E-state index is 13.2. The van der Waals surface area contributed by atoms with Gasteiger partial charge in [-0.25, -0.2) is 0 Å². The minimum atomic E-state index is -0.358. The summed E-state index contributed by atoms with van der Waals surface area (Å²) in [6, 6.07) is 2.05. The highest BCUT2D eigenvalue weighted by molar-refractivity contribution is 7.11. The monoisotopic (exact) mass is 456 g/mol. The fourth-order valence-corrected chi connectivity index (χ4v) is 5.51. The molecule has 5 heterocycles. The molecule has 0 aromatic carbocycles. The van der Waals surface area contributed by atoms with Crippen LogP contribution in [0.25, 0.3) is 11.1 Å². The number of rotatable bonds is 4. The van der Waals surface area contributed by atoms with Gasteiger partial charge in [0.2, 0.25) is 5.88 Å². The molecule has 0 radical (unpaired) electrons. The Morgan fingerprint density at radius 3 is 2.88 bits per heavy atom. The summed E-state index contributed by atoms with van der Waals surface area (Å²) in [6.45, 7) is 5.29. The van der Waals surface area contributed by atoms with Gasteiger partial charge in [0, 0.05) is 38.5 Å². The lowest BCUT2D eigenvalue weighted by Gasteiger charge is -2.35. The van der Waals surface area contributed by atoms with Crippen molar-refractivity contribution < 1.29 is 13.9 Å². The first kappa shape index (κ1) is 21.2. The van der Waals surface area contributed by atoms with Gasteiger partial charge in [-0.15, -0.1) is 0 Å². The average Bonchev–Trinajstić information content (AvgIpc) is 3.36. The van der Waals surface area contributed by atoms with Gasteiger partial charge in [-0.3, -0.25) is 9.78 Å². The normalized spacial score (nSPS) is 22.4. The largest absolute Gasteiger partial charge is 0.438 e. The summed E-state index contributed by atoms with van der Waals surface area (Å²) in [5, 5.41) is 3.86. The van der Waals surface area contributed by atoms with Gasteiger partial charge >= 0.3 is 0 Å². The summed E-state index contributed by atoms with van der Waals surface area (Å²) < 4.78 is 15.5. The summed E-state index contributed by atoms with van der Waals surface area (Å²) >= 11 is 1.35. The predicted octanol–water partition coefficient (Wildman–Crippen LogP) is 3.19. The van der Waals surface area contributed by atoms with Crippen molar-refractivity contribution in [1.82, 2.24) is 9.36 Å². The molecule has 2 atom stereocenters. The van der Waals surface area contributed by atoms with Gasteiger partial charge in [0.1, 0.15) is 16.1 Å². The first-order valence-electron chi connectivity index (χ1n) is 11.0. The number of amides is 1. The number of hydrogen-bond acceptors (Lipinski definition) is 9. The van der Waals surface area contributed by atoms with E-state index in [1.807, 2.05) is 12.3 Å². The molecular weight excluding hydrogens is 428 g/mol. The van der Waals surface area contributed by atoms with Crippen LogP contribution in [0.3, 0.4) is 0 Å². The number of fused-ring (bicyclic) bond motifs is 1. The van der Waals surface area contributed by atoms with Crippen molar-refractivity contribution in [3.63, 3.8) is 0 Å². The SMILES string of the molecule is CC1CC(N)CN(c2sncc2NC(=O)c2c(N)oc3cc(C4CCOCC4)cnc23)C1. The molecule has 2 fully saturated rings. The number of furan rings is 1. The Balaban J connectivity index is 1.39. The molecule has 0 aliphatic carbocycles. The van der Waals surface area contributed by atoms with Gasteiger partial charge < -0.3 is 30.8 Å². The zero-order chi connectivity index (χ0) is 22.2. The van der Waals surface area contributed by atoms with Crippen molar-refractivity contribution in [3.8, 4) is 0 Å². The van der Waals surface area contributed by atoms with Crippen LogP contribution in [0.15, 0.2) is 22.9 Å². The van der Waals surface area contributed by atoms with Crippen molar-refractivity contribution in [3.05, 3.63) is 29.6 Å². The number of nitrogens with zero attached hydrogens (tertiary/aromatic N) is 3. The lowest BCUT2D eigenvalue weighted by molar-refractivity contribution is 0.0853. The minimum Gasteiger partial charge on any atom is -0.438 e. The number of anilines is 3. The molecule has 0 saturated carbocycles. The third kappa shape index (κ3) is 4.05. The number of pyridine rings is 1. The first-order valence-corrected chi connectivity index (χ1v) is 11.8. The van der Waals surface area contributed by atoms with Crippen molar-refractivity contribution in [1.29, 1.82) is 0 Å². The number of ether oxygens (including phenoxy) is 1. The van der Waals surface area contributed by atoms with Crippen LogP contribution in [0.5, 0.6) is 0 Å². The van der Waals surface area contributed by atoms with Crippen LogP contribution in [0, 0.1) is 5.92 Å². The van der Waals surface area contributed by atoms with Crippen LogP contribution >= 0.6 is 11.5 Å². The van der Waals surface area contributed by atoms with Crippen molar-refractivity contribution in [2.24, 2.45) is 11.7 Å².